The molecular formula is C37H45N9O2. The van der Waals surface area contributed by atoms with Crippen molar-refractivity contribution < 1.29 is 9.53 Å². The van der Waals surface area contributed by atoms with E-state index < -0.39 is 0 Å². The zero-order valence-electron chi connectivity index (χ0n) is 28.2. The fourth-order valence-electron chi connectivity index (χ4n) is 5.93. The van der Waals surface area contributed by atoms with E-state index in [2.05, 4.69) is 59.2 Å². The van der Waals surface area contributed by atoms with Gasteiger partial charge in [0.05, 0.1) is 24.6 Å². The minimum Gasteiger partial charge on any atom is -0.376 e. The summed E-state index contributed by atoms with van der Waals surface area (Å²) in [7, 11) is 3.97. The largest absolute Gasteiger partial charge is 0.376 e. The van der Waals surface area contributed by atoms with Gasteiger partial charge in [-0.2, -0.15) is 19.6 Å². The van der Waals surface area contributed by atoms with Gasteiger partial charge in [0, 0.05) is 61.9 Å². The van der Waals surface area contributed by atoms with Gasteiger partial charge >= 0.3 is 0 Å². The predicted octanol–water partition coefficient (Wildman–Crippen LogP) is 5.09. The average Bonchev–Trinajstić information content (AvgIpc) is 3.52. The summed E-state index contributed by atoms with van der Waals surface area (Å²) in [6.07, 6.45) is 8.69. The second-order valence-corrected chi connectivity index (χ2v) is 12.8. The number of rotatable bonds is 14. The molecule has 1 aliphatic rings. The zero-order chi connectivity index (χ0) is 33.5. The Kier molecular flexibility index (Phi) is 10.7. The Morgan fingerprint density at radius 3 is 2.83 bits per heavy atom. The van der Waals surface area contributed by atoms with Gasteiger partial charge < -0.3 is 25.6 Å². The number of allylic oxidation sites excluding steroid dienone is 1. The van der Waals surface area contributed by atoms with Crippen molar-refractivity contribution in [2.45, 2.75) is 45.3 Å². The van der Waals surface area contributed by atoms with Crippen molar-refractivity contribution in [1.29, 1.82) is 0 Å². The van der Waals surface area contributed by atoms with Crippen LogP contribution in [0, 0.1) is 0 Å². The quantitative estimate of drug-likeness (QED) is 0.141. The van der Waals surface area contributed by atoms with Crippen LogP contribution in [-0.2, 0) is 22.5 Å². The minimum absolute atomic E-state index is 0.0901. The van der Waals surface area contributed by atoms with E-state index in [9.17, 15) is 4.79 Å². The number of pyridine rings is 1. The monoisotopic (exact) mass is 647 g/mol. The molecule has 0 spiro atoms. The van der Waals surface area contributed by atoms with Crippen LogP contribution in [0.5, 0.6) is 0 Å². The lowest BCUT2D eigenvalue weighted by molar-refractivity contribution is -0.114. The van der Waals surface area contributed by atoms with Crippen molar-refractivity contribution in [2.24, 2.45) is 0 Å². The van der Waals surface area contributed by atoms with E-state index in [1.807, 2.05) is 61.7 Å². The van der Waals surface area contributed by atoms with E-state index in [-0.39, 0.29) is 17.8 Å². The molecule has 0 aliphatic carbocycles. The topological polar surface area (TPSA) is 122 Å². The molecule has 6 rings (SSSR count). The normalized spacial score (nSPS) is 15.2. The van der Waals surface area contributed by atoms with E-state index >= 15 is 0 Å². The van der Waals surface area contributed by atoms with Crippen molar-refractivity contribution >= 4 is 34.1 Å². The summed E-state index contributed by atoms with van der Waals surface area (Å²) >= 11 is 0. The average molecular weight is 648 g/mol. The maximum Gasteiger partial charge on any atom is 0.229 e. The summed E-state index contributed by atoms with van der Waals surface area (Å²) in [5, 5.41) is 17.1. The first-order valence-electron chi connectivity index (χ1n) is 16.7. The second-order valence-electron chi connectivity index (χ2n) is 12.8. The SMILES string of the molecule is CC(C)c1cnn2c(NCc3ccccc3-c3nccc4cc(CC(=O)/C=C/CN(C)C)ccc34)nc(NCCC3CNCCO3)nc12. The third-order valence-corrected chi connectivity index (χ3v) is 8.46. The highest BCUT2D eigenvalue weighted by molar-refractivity contribution is 5.97. The third kappa shape index (κ3) is 8.04. The van der Waals surface area contributed by atoms with E-state index in [0.717, 1.165) is 77.0 Å². The van der Waals surface area contributed by atoms with E-state index in [0.29, 0.717) is 31.4 Å². The molecule has 0 bridgehead atoms. The van der Waals surface area contributed by atoms with Gasteiger partial charge in [-0.15, -0.1) is 0 Å². The molecule has 1 unspecified atom stereocenters. The number of fused-ring (bicyclic) bond motifs is 2. The van der Waals surface area contributed by atoms with Gasteiger partial charge in [-0.1, -0.05) is 62.4 Å². The van der Waals surface area contributed by atoms with Gasteiger partial charge in [-0.3, -0.25) is 9.78 Å². The van der Waals surface area contributed by atoms with E-state index in [1.54, 1.807) is 10.6 Å². The van der Waals surface area contributed by atoms with Gasteiger partial charge in [-0.05, 0) is 55.1 Å². The van der Waals surface area contributed by atoms with Crippen LogP contribution in [0.25, 0.3) is 27.7 Å². The molecule has 48 heavy (non-hydrogen) atoms. The molecule has 1 aliphatic heterocycles. The van der Waals surface area contributed by atoms with Crippen LogP contribution in [0.1, 0.15) is 42.9 Å². The first-order valence-corrected chi connectivity index (χ1v) is 16.7. The fourth-order valence-corrected chi connectivity index (χ4v) is 5.93. The van der Waals surface area contributed by atoms with Crippen LogP contribution in [0.4, 0.5) is 11.9 Å². The van der Waals surface area contributed by atoms with Crippen molar-refractivity contribution in [1.82, 2.24) is 34.8 Å². The Balaban J connectivity index is 1.23. The number of nitrogens with zero attached hydrogens (tertiary/aromatic N) is 6. The molecule has 0 saturated carbocycles. The van der Waals surface area contributed by atoms with Gasteiger partial charge in [0.25, 0.3) is 0 Å². The maximum atomic E-state index is 12.6. The molecule has 250 valence electrons. The molecule has 0 radical (unpaired) electrons. The van der Waals surface area contributed by atoms with Crippen molar-refractivity contribution in [3.05, 3.63) is 89.8 Å². The molecule has 5 aromatic rings. The summed E-state index contributed by atoms with van der Waals surface area (Å²) in [6, 6.07) is 16.5. The summed E-state index contributed by atoms with van der Waals surface area (Å²) < 4.78 is 7.64. The van der Waals surface area contributed by atoms with Crippen molar-refractivity contribution in [2.75, 3.05) is 57.5 Å². The lowest BCUT2D eigenvalue weighted by Crippen LogP contribution is -2.39. The van der Waals surface area contributed by atoms with Crippen LogP contribution in [0.3, 0.4) is 0 Å². The predicted molar refractivity (Wildman–Crippen MR) is 191 cm³/mol. The van der Waals surface area contributed by atoms with Crippen LogP contribution in [0.2, 0.25) is 0 Å². The first kappa shape index (κ1) is 33.2. The number of carbonyl (C=O) groups excluding carboxylic acids is 1. The molecule has 3 N–H and O–H groups in total. The highest BCUT2D eigenvalue weighted by Crippen LogP contribution is 2.31. The number of morpholine rings is 1. The molecule has 1 fully saturated rings. The Hall–Kier alpha value is -4.71. The summed E-state index contributed by atoms with van der Waals surface area (Å²) in [6.45, 7) is 8.72. The number of benzene rings is 2. The molecule has 11 nitrogen and oxygen atoms in total. The Morgan fingerprint density at radius 1 is 1.15 bits per heavy atom. The number of anilines is 2. The second kappa shape index (κ2) is 15.5. The van der Waals surface area contributed by atoms with Gasteiger partial charge in [-0.25, -0.2) is 0 Å². The van der Waals surface area contributed by atoms with Crippen LogP contribution in [0.15, 0.2) is 73.1 Å². The molecule has 1 atom stereocenters. The number of hydrogen-bond donors (Lipinski definition) is 3. The Morgan fingerprint density at radius 2 is 2.02 bits per heavy atom. The molecule has 0 amide bonds. The number of nitrogens with one attached hydrogen (secondary N) is 3. The van der Waals surface area contributed by atoms with Crippen molar-refractivity contribution in [3.63, 3.8) is 0 Å². The molecular weight excluding hydrogens is 602 g/mol. The lowest BCUT2D eigenvalue weighted by atomic mass is 9.97. The lowest BCUT2D eigenvalue weighted by Gasteiger charge is -2.23. The number of likely N-dealkylation sites (N-methyl/N-ethyl adjacent to an activating group) is 1. The summed E-state index contributed by atoms with van der Waals surface area (Å²) in [5.41, 5.74) is 5.82. The number of ketones is 1. The van der Waals surface area contributed by atoms with Gasteiger partial charge in [0.1, 0.15) is 0 Å². The molecule has 1 saturated heterocycles. The highest BCUT2D eigenvalue weighted by atomic mass is 16.5. The first-order chi connectivity index (χ1) is 23.4. The zero-order valence-corrected chi connectivity index (χ0v) is 28.2. The molecule has 4 heterocycles. The van der Waals surface area contributed by atoms with Crippen LogP contribution < -0.4 is 16.0 Å². The van der Waals surface area contributed by atoms with Crippen LogP contribution in [-0.4, -0.2) is 88.2 Å². The standard InChI is InChI=1S/C37H45N9O2/c1-25(2)33-24-42-46-35(33)43-36(40-16-14-30-23-38-17-19-48-30)44-37(46)41-22-28-8-5-6-10-31(28)34-32-12-11-26(20-27(32)13-15-39-34)21-29(47)9-7-18-45(3)4/h5-13,15,20,24-25,30,38H,14,16-19,21-23H2,1-4H3,(H2,40,41,43,44)/b9-7+. The van der Waals surface area contributed by atoms with E-state index in [1.165, 1.54) is 0 Å². The molecule has 11 heteroatoms. The molecule has 3 aromatic heterocycles. The Labute approximate surface area is 281 Å². The minimum atomic E-state index is 0.0901. The van der Waals surface area contributed by atoms with E-state index in [4.69, 9.17) is 19.7 Å². The fraction of sp³-hybridized carbons (Fsp3) is 0.378. The maximum absolute atomic E-state index is 12.6. The number of ether oxygens (including phenoxy) is 1. The van der Waals surface area contributed by atoms with Gasteiger partial charge in [0.2, 0.25) is 11.9 Å². The van der Waals surface area contributed by atoms with Gasteiger partial charge in [0.15, 0.2) is 11.4 Å². The summed E-state index contributed by atoms with van der Waals surface area (Å²) in [4.78, 5) is 29.1. The molecule has 2 aromatic carbocycles. The number of aromatic nitrogens is 5. The smallest absolute Gasteiger partial charge is 0.229 e. The third-order valence-electron chi connectivity index (χ3n) is 8.46. The Bertz CT molecular complexity index is 1890. The van der Waals surface area contributed by atoms with Crippen LogP contribution >= 0.6 is 0 Å². The number of carbonyl (C=O) groups is 1. The summed E-state index contributed by atoms with van der Waals surface area (Å²) in [5.74, 6) is 1.52. The number of hydrogen-bond acceptors (Lipinski definition) is 10. The highest BCUT2D eigenvalue weighted by Gasteiger charge is 2.18. The van der Waals surface area contributed by atoms with Crippen molar-refractivity contribution in [3.8, 4) is 11.3 Å².